The smallest absolute Gasteiger partial charge is 0.191 e. The highest BCUT2D eigenvalue weighted by atomic mass is 127. The van der Waals surface area contributed by atoms with Gasteiger partial charge in [-0.15, -0.1) is 24.0 Å². The summed E-state index contributed by atoms with van der Waals surface area (Å²) < 4.78 is 0. The van der Waals surface area contributed by atoms with Crippen LogP contribution in [0.15, 0.2) is 35.3 Å². The van der Waals surface area contributed by atoms with E-state index < -0.39 is 0 Å². The topological polar surface area (TPSA) is 36.4 Å². The standard InChI is InChI=1S/C15H25N3.HI/c1-4-16-15(17-11-10-13(2)3)18-12-14-8-6-5-7-9-14;/h5-9,13H,4,10-12H2,1-3H3,(H2,16,17,18);1H. The highest BCUT2D eigenvalue weighted by Gasteiger charge is 1.98. The van der Waals surface area contributed by atoms with Crippen LogP contribution in [0.4, 0.5) is 0 Å². The highest BCUT2D eigenvalue weighted by Crippen LogP contribution is 2.00. The average Bonchev–Trinajstić information content (AvgIpc) is 2.37. The van der Waals surface area contributed by atoms with Crippen LogP contribution < -0.4 is 10.6 Å². The van der Waals surface area contributed by atoms with Crippen molar-refractivity contribution in [1.82, 2.24) is 10.6 Å². The number of rotatable bonds is 6. The van der Waals surface area contributed by atoms with Crippen molar-refractivity contribution in [2.75, 3.05) is 13.1 Å². The fraction of sp³-hybridized carbons (Fsp3) is 0.533. The van der Waals surface area contributed by atoms with Gasteiger partial charge in [0.2, 0.25) is 0 Å². The van der Waals surface area contributed by atoms with Crippen LogP contribution in [0.5, 0.6) is 0 Å². The molecule has 19 heavy (non-hydrogen) atoms. The minimum Gasteiger partial charge on any atom is -0.357 e. The van der Waals surface area contributed by atoms with E-state index in [0.717, 1.165) is 37.9 Å². The zero-order chi connectivity index (χ0) is 13.2. The summed E-state index contributed by atoms with van der Waals surface area (Å²) in [5, 5.41) is 6.63. The second kappa shape index (κ2) is 11.1. The van der Waals surface area contributed by atoms with Gasteiger partial charge in [0, 0.05) is 13.1 Å². The molecule has 0 heterocycles. The first kappa shape index (κ1) is 18.2. The first-order valence-electron chi connectivity index (χ1n) is 6.78. The van der Waals surface area contributed by atoms with Crippen LogP contribution in [0.1, 0.15) is 32.8 Å². The van der Waals surface area contributed by atoms with Crippen molar-refractivity contribution in [2.24, 2.45) is 10.9 Å². The van der Waals surface area contributed by atoms with Gasteiger partial charge in [-0.2, -0.15) is 0 Å². The summed E-state index contributed by atoms with van der Waals surface area (Å²) >= 11 is 0. The van der Waals surface area contributed by atoms with E-state index in [2.05, 4.69) is 48.5 Å². The van der Waals surface area contributed by atoms with Gasteiger partial charge in [0.05, 0.1) is 6.54 Å². The molecule has 2 N–H and O–H groups in total. The van der Waals surface area contributed by atoms with E-state index in [0.29, 0.717) is 0 Å². The number of hydrogen-bond acceptors (Lipinski definition) is 1. The summed E-state index contributed by atoms with van der Waals surface area (Å²) in [4.78, 5) is 4.57. The molecule has 108 valence electrons. The summed E-state index contributed by atoms with van der Waals surface area (Å²) in [6.07, 6.45) is 1.16. The van der Waals surface area contributed by atoms with Crippen LogP contribution >= 0.6 is 24.0 Å². The largest absolute Gasteiger partial charge is 0.357 e. The Hall–Kier alpha value is -0.780. The van der Waals surface area contributed by atoms with E-state index in [1.165, 1.54) is 5.56 Å². The van der Waals surface area contributed by atoms with E-state index >= 15 is 0 Å². The molecule has 0 spiro atoms. The maximum atomic E-state index is 4.57. The third-order valence-electron chi connectivity index (χ3n) is 2.62. The first-order valence-corrected chi connectivity index (χ1v) is 6.78. The Morgan fingerprint density at radius 1 is 1.16 bits per heavy atom. The Kier molecular flexibility index (Phi) is 10.6. The van der Waals surface area contributed by atoms with Gasteiger partial charge in [0.25, 0.3) is 0 Å². The quantitative estimate of drug-likeness (QED) is 0.454. The summed E-state index contributed by atoms with van der Waals surface area (Å²) in [6, 6.07) is 10.3. The second-order valence-electron chi connectivity index (χ2n) is 4.79. The Morgan fingerprint density at radius 3 is 2.42 bits per heavy atom. The third kappa shape index (κ3) is 8.86. The lowest BCUT2D eigenvalue weighted by Gasteiger charge is -2.12. The molecular formula is C15H26IN3. The van der Waals surface area contributed by atoms with Crippen LogP contribution in [0.25, 0.3) is 0 Å². The van der Waals surface area contributed by atoms with Crippen molar-refractivity contribution in [3.05, 3.63) is 35.9 Å². The van der Waals surface area contributed by atoms with Crippen LogP contribution in [0.3, 0.4) is 0 Å². The molecule has 0 saturated carbocycles. The Morgan fingerprint density at radius 2 is 1.84 bits per heavy atom. The van der Waals surface area contributed by atoms with Crippen molar-refractivity contribution >= 4 is 29.9 Å². The number of aliphatic imine (C=N–C) groups is 1. The lowest BCUT2D eigenvalue weighted by molar-refractivity contribution is 0.573. The van der Waals surface area contributed by atoms with Crippen molar-refractivity contribution in [3.63, 3.8) is 0 Å². The van der Waals surface area contributed by atoms with E-state index in [4.69, 9.17) is 0 Å². The number of nitrogens with one attached hydrogen (secondary N) is 2. The molecule has 0 aliphatic rings. The molecule has 0 fully saturated rings. The Bertz CT molecular complexity index is 350. The van der Waals surface area contributed by atoms with Gasteiger partial charge < -0.3 is 10.6 Å². The SMILES string of the molecule is CCNC(=NCc1ccccc1)NCCC(C)C.I. The molecule has 4 heteroatoms. The summed E-state index contributed by atoms with van der Waals surface area (Å²) in [5.74, 6) is 1.62. The molecular weight excluding hydrogens is 349 g/mol. The number of nitrogens with zero attached hydrogens (tertiary/aromatic N) is 1. The minimum atomic E-state index is 0. The van der Waals surface area contributed by atoms with E-state index in [1.54, 1.807) is 0 Å². The molecule has 1 aromatic rings. The van der Waals surface area contributed by atoms with Crippen molar-refractivity contribution in [3.8, 4) is 0 Å². The van der Waals surface area contributed by atoms with Crippen molar-refractivity contribution in [2.45, 2.75) is 33.7 Å². The zero-order valence-corrected chi connectivity index (χ0v) is 14.5. The highest BCUT2D eigenvalue weighted by molar-refractivity contribution is 14.0. The molecule has 0 aliphatic carbocycles. The summed E-state index contributed by atoms with van der Waals surface area (Å²) in [5.41, 5.74) is 1.23. The van der Waals surface area contributed by atoms with Crippen LogP contribution in [-0.4, -0.2) is 19.0 Å². The van der Waals surface area contributed by atoms with Gasteiger partial charge in [0.15, 0.2) is 5.96 Å². The van der Waals surface area contributed by atoms with E-state index in [-0.39, 0.29) is 24.0 Å². The first-order chi connectivity index (χ1) is 8.72. The van der Waals surface area contributed by atoms with Crippen LogP contribution in [0, 0.1) is 5.92 Å². The van der Waals surface area contributed by atoms with Gasteiger partial charge in [-0.1, -0.05) is 44.2 Å². The molecule has 0 unspecified atom stereocenters. The van der Waals surface area contributed by atoms with Crippen molar-refractivity contribution in [1.29, 1.82) is 0 Å². The Balaban J connectivity index is 0.00000324. The molecule has 0 amide bonds. The normalized spacial score (nSPS) is 11.1. The average molecular weight is 375 g/mol. The second-order valence-corrected chi connectivity index (χ2v) is 4.79. The molecule has 0 aromatic heterocycles. The molecule has 0 radical (unpaired) electrons. The molecule has 0 bridgehead atoms. The van der Waals surface area contributed by atoms with E-state index in [9.17, 15) is 0 Å². The molecule has 3 nitrogen and oxygen atoms in total. The van der Waals surface area contributed by atoms with Crippen molar-refractivity contribution < 1.29 is 0 Å². The van der Waals surface area contributed by atoms with Crippen LogP contribution in [-0.2, 0) is 6.54 Å². The predicted molar refractivity (Wildman–Crippen MR) is 94.1 cm³/mol. The lowest BCUT2D eigenvalue weighted by atomic mass is 10.1. The third-order valence-corrected chi connectivity index (χ3v) is 2.62. The molecule has 0 saturated heterocycles. The van der Waals surface area contributed by atoms with Gasteiger partial charge in [-0.3, -0.25) is 0 Å². The number of halogens is 1. The van der Waals surface area contributed by atoms with E-state index in [1.807, 2.05) is 18.2 Å². The number of benzene rings is 1. The molecule has 1 rings (SSSR count). The molecule has 0 atom stereocenters. The summed E-state index contributed by atoms with van der Waals surface area (Å²) in [6.45, 7) is 9.13. The fourth-order valence-electron chi connectivity index (χ4n) is 1.57. The molecule has 0 aliphatic heterocycles. The summed E-state index contributed by atoms with van der Waals surface area (Å²) in [7, 11) is 0. The maximum Gasteiger partial charge on any atom is 0.191 e. The van der Waals surface area contributed by atoms with Gasteiger partial charge in [0.1, 0.15) is 0 Å². The van der Waals surface area contributed by atoms with Crippen LogP contribution in [0.2, 0.25) is 0 Å². The Labute approximate surface area is 134 Å². The number of guanidine groups is 1. The maximum absolute atomic E-state index is 4.57. The monoisotopic (exact) mass is 375 g/mol. The van der Waals surface area contributed by atoms with Gasteiger partial charge >= 0.3 is 0 Å². The van der Waals surface area contributed by atoms with Gasteiger partial charge in [-0.05, 0) is 24.8 Å². The predicted octanol–water partition coefficient (Wildman–Crippen LogP) is 3.41. The number of hydrogen-bond donors (Lipinski definition) is 2. The zero-order valence-electron chi connectivity index (χ0n) is 12.1. The van der Waals surface area contributed by atoms with Gasteiger partial charge in [-0.25, -0.2) is 4.99 Å². The lowest BCUT2D eigenvalue weighted by Crippen LogP contribution is -2.38. The minimum absolute atomic E-state index is 0. The fourth-order valence-corrected chi connectivity index (χ4v) is 1.57. The molecule has 1 aromatic carbocycles.